The van der Waals surface area contributed by atoms with Gasteiger partial charge in [-0.2, -0.15) is 0 Å². The standard InChI is InChI=1S/C6H6Br2N2S/c7-5-3-4(6(8)11-5)10-2-1-9-3/h9-10H,1-2H2. The number of nitrogens with one attached hydrogen (secondary N) is 2. The van der Waals surface area contributed by atoms with Crippen molar-refractivity contribution in [3.8, 4) is 0 Å². The number of fused-ring (bicyclic) bond motifs is 1. The number of rotatable bonds is 0. The van der Waals surface area contributed by atoms with Crippen molar-refractivity contribution in [2.24, 2.45) is 0 Å². The Kier molecular flexibility index (Phi) is 2.12. The maximum absolute atomic E-state index is 3.49. The van der Waals surface area contributed by atoms with Crippen LogP contribution in [0.1, 0.15) is 0 Å². The van der Waals surface area contributed by atoms with Crippen molar-refractivity contribution in [2.45, 2.75) is 0 Å². The third-order valence-electron chi connectivity index (χ3n) is 1.55. The lowest BCUT2D eigenvalue weighted by molar-refractivity contribution is 1.05. The molecule has 2 rings (SSSR count). The predicted octanol–water partition coefficient (Wildman–Crippen LogP) is 3.11. The Morgan fingerprint density at radius 1 is 1.00 bits per heavy atom. The van der Waals surface area contributed by atoms with Gasteiger partial charge in [0, 0.05) is 13.1 Å². The van der Waals surface area contributed by atoms with Crippen molar-refractivity contribution in [1.82, 2.24) is 0 Å². The third kappa shape index (κ3) is 1.29. The molecule has 1 aromatic heterocycles. The van der Waals surface area contributed by atoms with E-state index in [-0.39, 0.29) is 0 Å². The summed E-state index contributed by atoms with van der Waals surface area (Å²) in [6.07, 6.45) is 0. The van der Waals surface area contributed by atoms with Gasteiger partial charge >= 0.3 is 0 Å². The van der Waals surface area contributed by atoms with Gasteiger partial charge in [0.15, 0.2) is 0 Å². The largest absolute Gasteiger partial charge is 0.380 e. The van der Waals surface area contributed by atoms with Gasteiger partial charge in [0.05, 0.1) is 18.9 Å². The highest BCUT2D eigenvalue weighted by Crippen LogP contribution is 2.45. The zero-order valence-corrected chi connectivity index (χ0v) is 9.57. The average Bonchev–Trinajstić information content (AvgIpc) is 2.30. The van der Waals surface area contributed by atoms with Gasteiger partial charge in [0.25, 0.3) is 0 Å². The van der Waals surface area contributed by atoms with E-state index in [9.17, 15) is 0 Å². The Morgan fingerprint density at radius 2 is 1.45 bits per heavy atom. The number of halogens is 2. The fraction of sp³-hybridized carbons (Fsp3) is 0.333. The van der Waals surface area contributed by atoms with Gasteiger partial charge in [0.1, 0.15) is 0 Å². The smallest absolute Gasteiger partial charge is 0.0963 e. The molecule has 0 saturated carbocycles. The summed E-state index contributed by atoms with van der Waals surface area (Å²) in [5.74, 6) is 0. The summed E-state index contributed by atoms with van der Waals surface area (Å²) in [6.45, 7) is 1.99. The van der Waals surface area contributed by atoms with Crippen LogP contribution in [0.3, 0.4) is 0 Å². The molecule has 2 N–H and O–H groups in total. The molecular formula is C6H6Br2N2S. The summed E-state index contributed by atoms with van der Waals surface area (Å²) >= 11 is 8.67. The summed E-state index contributed by atoms with van der Waals surface area (Å²) in [7, 11) is 0. The molecule has 5 heteroatoms. The summed E-state index contributed by atoms with van der Waals surface area (Å²) in [6, 6.07) is 0. The molecule has 0 aromatic carbocycles. The minimum absolute atomic E-state index is 0.995. The number of hydrogen-bond acceptors (Lipinski definition) is 3. The Bertz CT molecular complexity index is 258. The molecule has 2 nitrogen and oxygen atoms in total. The zero-order chi connectivity index (χ0) is 7.84. The second-order valence-corrected chi connectivity index (χ2v) is 5.91. The summed E-state index contributed by atoms with van der Waals surface area (Å²) < 4.78 is 2.32. The minimum atomic E-state index is 0.995. The molecule has 0 bridgehead atoms. The lowest BCUT2D eigenvalue weighted by atomic mass is 10.3. The lowest BCUT2D eigenvalue weighted by Crippen LogP contribution is -2.19. The number of hydrogen-bond donors (Lipinski definition) is 2. The molecule has 0 atom stereocenters. The van der Waals surface area contributed by atoms with E-state index in [1.54, 1.807) is 11.3 Å². The van der Waals surface area contributed by atoms with Gasteiger partial charge in [0.2, 0.25) is 0 Å². The number of thiophene rings is 1. The Labute approximate surface area is 85.6 Å². The molecule has 0 spiro atoms. The highest BCUT2D eigenvalue weighted by Gasteiger charge is 2.17. The first kappa shape index (κ1) is 7.89. The first-order valence-corrected chi connectivity index (χ1v) is 5.65. The van der Waals surface area contributed by atoms with Crippen LogP contribution in [-0.2, 0) is 0 Å². The topological polar surface area (TPSA) is 24.1 Å². The van der Waals surface area contributed by atoms with Crippen molar-refractivity contribution < 1.29 is 0 Å². The second kappa shape index (κ2) is 2.95. The SMILES string of the molecule is Brc1sc(Br)c2c1NCCN2. The second-order valence-electron chi connectivity index (χ2n) is 2.25. The maximum atomic E-state index is 3.49. The van der Waals surface area contributed by atoms with Crippen LogP contribution in [0, 0.1) is 0 Å². The molecule has 0 fully saturated rings. The maximum Gasteiger partial charge on any atom is 0.0963 e. The zero-order valence-electron chi connectivity index (χ0n) is 5.58. The van der Waals surface area contributed by atoms with Crippen LogP contribution in [0.5, 0.6) is 0 Å². The van der Waals surface area contributed by atoms with Crippen LogP contribution in [0.25, 0.3) is 0 Å². The fourth-order valence-electron chi connectivity index (χ4n) is 1.07. The Morgan fingerprint density at radius 3 is 1.91 bits per heavy atom. The molecule has 1 aliphatic rings. The highest BCUT2D eigenvalue weighted by molar-refractivity contribution is 9.12. The van der Waals surface area contributed by atoms with E-state index >= 15 is 0 Å². The van der Waals surface area contributed by atoms with Crippen molar-refractivity contribution in [1.29, 1.82) is 0 Å². The monoisotopic (exact) mass is 296 g/mol. The van der Waals surface area contributed by atoms with E-state index in [1.807, 2.05) is 0 Å². The van der Waals surface area contributed by atoms with Crippen LogP contribution in [0.15, 0.2) is 7.57 Å². The summed E-state index contributed by atoms with van der Waals surface area (Å²) in [5.41, 5.74) is 2.38. The van der Waals surface area contributed by atoms with Crippen LogP contribution >= 0.6 is 43.2 Å². The molecule has 2 heterocycles. The van der Waals surface area contributed by atoms with E-state index in [2.05, 4.69) is 42.5 Å². The van der Waals surface area contributed by atoms with Gasteiger partial charge < -0.3 is 10.6 Å². The molecule has 0 amide bonds. The number of anilines is 2. The van der Waals surface area contributed by atoms with Crippen molar-refractivity contribution in [3.05, 3.63) is 7.57 Å². The van der Waals surface area contributed by atoms with Crippen molar-refractivity contribution >= 4 is 54.6 Å². The third-order valence-corrected chi connectivity index (χ3v) is 4.08. The molecule has 0 radical (unpaired) electrons. The first-order chi connectivity index (χ1) is 5.29. The van der Waals surface area contributed by atoms with Crippen LogP contribution < -0.4 is 10.6 Å². The summed E-state index contributed by atoms with van der Waals surface area (Å²) in [4.78, 5) is 0. The van der Waals surface area contributed by atoms with E-state index < -0.39 is 0 Å². The highest BCUT2D eigenvalue weighted by atomic mass is 79.9. The van der Waals surface area contributed by atoms with Crippen LogP contribution in [0.4, 0.5) is 11.4 Å². The van der Waals surface area contributed by atoms with Crippen molar-refractivity contribution in [2.75, 3.05) is 23.7 Å². The molecular weight excluding hydrogens is 292 g/mol. The van der Waals surface area contributed by atoms with Crippen LogP contribution in [-0.4, -0.2) is 13.1 Å². The Balaban J connectivity index is 2.52. The molecule has 1 aliphatic heterocycles. The fourth-order valence-corrected chi connectivity index (χ4v) is 4.08. The average molecular weight is 298 g/mol. The minimum Gasteiger partial charge on any atom is -0.380 e. The molecule has 60 valence electrons. The van der Waals surface area contributed by atoms with Gasteiger partial charge in [-0.25, -0.2) is 0 Å². The van der Waals surface area contributed by atoms with E-state index in [4.69, 9.17) is 0 Å². The van der Waals surface area contributed by atoms with Gasteiger partial charge in [-0.05, 0) is 31.9 Å². The van der Waals surface area contributed by atoms with Gasteiger partial charge in [-0.1, -0.05) is 0 Å². The molecule has 0 unspecified atom stereocenters. The normalized spacial score (nSPS) is 15.1. The molecule has 0 aliphatic carbocycles. The van der Waals surface area contributed by atoms with E-state index in [1.165, 1.54) is 11.4 Å². The Hall–Kier alpha value is 0.260. The predicted molar refractivity (Wildman–Crippen MR) is 56.7 cm³/mol. The van der Waals surface area contributed by atoms with Gasteiger partial charge in [-0.15, -0.1) is 11.3 Å². The summed E-state index contributed by atoms with van der Waals surface area (Å²) in [5, 5.41) is 6.65. The van der Waals surface area contributed by atoms with Gasteiger partial charge in [-0.3, -0.25) is 0 Å². The first-order valence-electron chi connectivity index (χ1n) is 3.24. The van der Waals surface area contributed by atoms with Crippen LogP contribution in [0.2, 0.25) is 0 Å². The molecule has 0 saturated heterocycles. The van der Waals surface area contributed by atoms with E-state index in [0.717, 1.165) is 20.7 Å². The van der Waals surface area contributed by atoms with E-state index in [0.29, 0.717) is 0 Å². The van der Waals surface area contributed by atoms with Crippen molar-refractivity contribution in [3.63, 3.8) is 0 Å². The quantitative estimate of drug-likeness (QED) is 0.769. The molecule has 1 aromatic rings. The lowest BCUT2D eigenvalue weighted by Gasteiger charge is -2.16. The molecule has 11 heavy (non-hydrogen) atoms.